The molecular weight excluding hydrogens is 632 g/mol. The van der Waals surface area contributed by atoms with Crippen LogP contribution in [0.3, 0.4) is 0 Å². The van der Waals surface area contributed by atoms with Gasteiger partial charge in [-0.25, -0.2) is 26.3 Å². The van der Waals surface area contributed by atoms with Gasteiger partial charge in [-0.15, -0.1) is 0 Å². The molecule has 11 heteroatoms. The molecule has 0 atom stereocenters. The predicted molar refractivity (Wildman–Crippen MR) is 161 cm³/mol. The van der Waals surface area contributed by atoms with E-state index in [1.54, 1.807) is 12.1 Å². The van der Waals surface area contributed by atoms with Crippen LogP contribution in [0, 0.1) is 41.0 Å². The van der Waals surface area contributed by atoms with Crippen molar-refractivity contribution in [2.45, 2.75) is 70.7 Å². The summed E-state index contributed by atoms with van der Waals surface area (Å²) in [4.78, 5) is 0. The zero-order valence-corrected chi connectivity index (χ0v) is 25.8. The van der Waals surface area contributed by atoms with E-state index in [-0.39, 0.29) is 36.8 Å². The third-order valence-corrected chi connectivity index (χ3v) is 8.88. The van der Waals surface area contributed by atoms with E-state index < -0.39 is 64.9 Å². The third-order valence-electron chi connectivity index (χ3n) is 8.88. The van der Waals surface area contributed by atoms with Crippen LogP contribution in [0.25, 0.3) is 17.0 Å². The molecule has 0 aromatic heterocycles. The average molecular weight is 669 g/mol. The number of halogens is 8. The first-order valence-corrected chi connectivity index (χ1v) is 15.9. The minimum absolute atomic E-state index is 0.0862. The molecule has 1 heterocycles. The van der Waals surface area contributed by atoms with Crippen LogP contribution in [0.15, 0.2) is 60.4 Å². The van der Waals surface area contributed by atoms with Crippen molar-refractivity contribution in [1.82, 2.24) is 0 Å². The largest absolute Gasteiger partial charge is 0.432 e. The van der Waals surface area contributed by atoms with Gasteiger partial charge >= 0.3 is 6.11 Å². The van der Waals surface area contributed by atoms with Crippen molar-refractivity contribution in [2.24, 2.45) is 17.8 Å². The Hall–Kier alpha value is -3.44. The van der Waals surface area contributed by atoms with E-state index in [1.165, 1.54) is 30.3 Å². The van der Waals surface area contributed by atoms with Crippen molar-refractivity contribution >= 4 is 5.83 Å². The van der Waals surface area contributed by atoms with Gasteiger partial charge in [-0.3, -0.25) is 0 Å². The molecule has 0 unspecified atom stereocenters. The number of rotatable bonds is 11. The second kappa shape index (κ2) is 15.2. The van der Waals surface area contributed by atoms with Crippen molar-refractivity contribution in [1.29, 1.82) is 0 Å². The first kappa shape index (κ1) is 34.9. The molecule has 3 nitrogen and oxygen atoms in total. The Bertz CT molecular complexity index is 1520. The van der Waals surface area contributed by atoms with Crippen molar-refractivity contribution < 1.29 is 49.3 Å². The molecule has 0 bridgehead atoms. The summed E-state index contributed by atoms with van der Waals surface area (Å²) in [5.41, 5.74) is 1.15. The Kier molecular flexibility index (Phi) is 11.3. The van der Waals surface area contributed by atoms with E-state index in [1.807, 2.05) is 0 Å². The van der Waals surface area contributed by atoms with E-state index >= 15 is 13.2 Å². The van der Waals surface area contributed by atoms with Crippen molar-refractivity contribution in [3.63, 3.8) is 0 Å². The fourth-order valence-electron chi connectivity index (χ4n) is 6.13. The van der Waals surface area contributed by atoms with Gasteiger partial charge in [0, 0.05) is 40.7 Å². The second-order valence-corrected chi connectivity index (χ2v) is 12.3. The lowest BCUT2D eigenvalue weighted by Crippen LogP contribution is -2.37. The first-order valence-electron chi connectivity index (χ1n) is 15.9. The lowest BCUT2D eigenvalue weighted by Gasteiger charge is -2.32. The monoisotopic (exact) mass is 668 g/mol. The van der Waals surface area contributed by atoms with Crippen LogP contribution < -0.4 is 4.74 Å². The third kappa shape index (κ3) is 8.35. The summed E-state index contributed by atoms with van der Waals surface area (Å²) < 4.78 is 131. The zero-order chi connectivity index (χ0) is 33.7. The Morgan fingerprint density at radius 3 is 2.04 bits per heavy atom. The Balaban J connectivity index is 1.17. The number of hydrogen-bond acceptors (Lipinski definition) is 3. The molecule has 0 amide bonds. The molecule has 0 radical (unpaired) electrons. The summed E-state index contributed by atoms with van der Waals surface area (Å²) in [7, 11) is 0. The fourth-order valence-corrected chi connectivity index (χ4v) is 6.13. The Labute approximate surface area is 268 Å². The molecule has 3 aromatic carbocycles. The van der Waals surface area contributed by atoms with Crippen LogP contribution in [0.2, 0.25) is 0 Å². The maximum atomic E-state index is 15.2. The van der Waals surface area contributed by atoms with Gasteiger partial charge in [0.05, 0.1) is 19.1 Å². The van der Waals surface area contributed by atoms with Crippen LogP contribution in [0.1, 0.15) is 75.7 Å². The summed E-state index contributed by atoms with van der Waals surface area (Å²) >= 11 is 0. The molecule has 47 heavy (non-hydrogen) atoms. The maximum Gasteiger partial charge on any atom is 0.400 e. The van der Waals surface area contributed by atoms with E-state index in [0.29, 0.717) is 42.4 Å². The van der Waals surface area contributed by atoms with E-state index in [4.69, 9.17) is 9.47 Å². The van der Waals surface area contributed by atoms with Crippen LogP contribution >= 0.6 is 0 Å². The summed E-state index contributed by atoms with van der Waals surface area (Å²) in [5.74, 6) is -10.9. The van der Waals surface area contributed by atoms with Gasteiger partial charge in [-0.05, 0) is 43.7 Å². The quantitative estimate of drug-likeness (QED) is 0.116. The molecule has 5 rings (SSSR count). The number of hydrogen-bond donors (Lipinski definition) is 0. The Morgan fingerprint density at radius 2 is 1.45 bits per heavy atom. The molecule has 1 saturated carbocycles. The van der Waals surface area contributed by atoms with Gasteiger partial charge in [0.15, 0.2) is 29.6 Å². The van der Waals surface area contributed by atoms with Gasteiger partial charge < -0.3 is 14.2 Å². The molecule has 2 aliphatic rings. The van der Waals surface area contributed by atoms with E-state index in [0.717, 1.165) is 25.7 Å². The van der Waals surface area contributed by atoms with E-state index in [2.05, 4.69) is 11.7 Å². The summed E-state index contributed by atoms with van der Waals surface area (Å²) in [6.07, 6.45) is -0.874. The van der Waals surface area contributed by atoms with Gasteiger partial charge in [0.1, 0.15) is 17.4 Å². The number of benzene rings is 3. The average Bonchev–Trinajstić information content (AvgIpc) is 3.07. The molecule has 3 aromatic rings. The lowest BCUT2D eigenvalue weighted by molar-refractivity contribution is -0.223. The topological polar surface area (TPSA) is 27.7 Å². The smallest absolute Gasteiger partial charge is 0.400 e. The number of alkyl halides is 2. The van der Waals surface area contributed by atoms with Gasteiger partial charge in [0.25, 0.3) is 0 Å². The molecule has 2 fully saturated rings. The van der Waals surface area contributed by atoms with Gasteiger partial charge in [0.2, 0.25) is 0 Å². The van der Waals surface area contributed by atoms with Gasteiger partial charge in [-0.1, -0.05) is 62.6 Å². The molecule has 1 aliphatic heterocycles. The number of allylic oxidation sites excluding steroid dienone is 1. The highest BCUT2D eigenvalue weighted by molar-refractivity contribution is 5.69. The van der Waals surface area contributed by atoms with Crippen LogP contribution in [-0.4, -0.2) is 19.3 Å². The van der Waals surface area contributed by atoms with Crippen LogP contribution in [-0.2, 0) is 9.47 Å². The Morgan fingerprint density at radius 1 is 0.809 bits per heavy atom. The SMILES string of the molecule is CCCCCC1COC(c2ccc(-c3ccc(C(F)=C(F)C4CCC(C(F)(F)Oc5cc(F)c(F)c(F)c5)CC4)cc3)c(F)c2)OC1. The number of unbranched alkanes of at least 4 members (excludes halogenated alkanes) is 2. The summed E-state index contributed by atoms with van der Waals surface area (Å²) in [6.45, 7) is 3.23. The van der Waals surface area contributed by atoms with Gasteiger partial charge in [-0.2, -0.15) is 8.78 Å². The summed E-state index contributed by atoms with van der Waals surface area (Å²) in [6, 6.07) is 10.8. The molecule has 0 spiro atoms. The highest BCUT2D eigenvalue weighted by atomic mass is 19.3. The fraction of sp³-hybridized carbons (Fsp3) is 0.444. The molecule has 254 valence electrons. The molecule has 0 N–H and O–H groups in total. The standard InChI is InChI=1S/C36H36F8O3/c1-2-3-4-5-21-19-45-35(46-20-21)25-12-15-28(29(37)16-25)22-6-8-23(9-7-22)32(40)33(41)24-10-13-26(14-11-24)36(43,44)47-27-17-30(38)34(42)31(39)18-27/h6-9,12,15-18,21,24,26,35H,2-5,10-11,13-14,19-20H2,1H3. The summed E-state index contributed by atoms with van der Waals surface area (Å²) in [5, 5.41) is 0. The molecule has 1 aliphatic carbocycles. The maximum absolute atomic E-state index is 15.2. The van der Waals surface area contributed by atoms with E-state index in [9.17, 15) is 22.0 Å². The number of ether oxygens (including phenoxy) is 3. The van der Waals surface area contributed by atoms with Crippen LogP contribution in [0.4, 0.5) is 35.1 Å². The van der Waals surface area contributed by atoms with Crippen molar-refractivity contribution in [2.75, 3.05) is 13.2 Å². The highest BCUT2D eigenvalue weighted by Gasteiger charge is 2.45. The highest BCUT2D eigenvalue weighted by Crippen LogP contribution is 2.44. The lowest BCUT2D eigenvalue weighted by atomic mass is 9.80. The minimum Gasteiger partial charge on any atom is -0.432 e. The first-order chi connectivity index (χ1) is 22.5. The minimum atomic E-state index is -3.88. The van der Waals surface area contributed by atoms with Crippen molar-refractivity contribution in [3.8, 4) is 16.9 Å². The second-order valence-electron chi connectivity index (χ2n) is 12.3. The van der Waals surface area contributed by atoms with Crippen LogP contribution in [0.5, 0.6) is 5.75 Å². The molecular formula is C36H36F8O3. The normalized spacial score (nSPS) is 22.6. The predicted octanol–water partition coefficient (Wildman–Crippen LogP) is 11.2. The van der Waals surface area contributed by atoms with Crippen molar-refractivity contribution in [3.05, 3.63) is 94.8 Å². The zero-order valence-electron chi connectivity index (χ0n) is 25.8. The molecule has 1 saturated heterocycles.